The molecule has 0 heterocycles. The van der Waals surface area contributed by atoms with Gasteiger partial charge in [-0.05, 0) is 29.0 Å². The molecule has 0 saturated carbocycles. The average molecular weight is 330 g/mol. The summed E-state index contributed by atoms with van der Waals surface area (Å²) in [5, 5.41) is 0. The molecule has 0 spiro atoms. The van der Waals surface area contributed by atoms with Gasteiger partial charge in [0.15, 0.2) is 0 Å². The number of hydrogen-bond donors (Lipinski definition) is 0. The van der Waals surface area contributed by atoms with Crippen molar-refractivity contribution in [3.05, 3.63) is 65.8 Å². The smallest absolute Gasteiger partial charge is 0.0214 e. The third-order valence-corrected chi connectivity index (χ3v) is 3.35. The molecule has 0 N–H and O–H groups in total. The summed E-state index contributed by atoms with van der Waals surface area (Å²) in [5.41, 5.74) is 5.57. The van der Waals surface area contributed by atoms with Gasteiger partial charge in [-0.25, -0.2) is 0 Å². The Labute approximate surface area is 136 Å². The summed E-state index contributed by atoms with van der Waals surface area (Å²) < 4.78 is 0. The van der Waals surface area contributed by atoms with Crippen LogP contribution in [-0.2, 0) is 26.2 Å². The van der Waals surface area contributed by atoms with Crippen LogP contribution in [0.15, 0.2) is 54.6 Å². The van der Waals surface area contributed by atoms with E-state index in [2.05, 4.69) is 69.8 Å². The van der Waals surface area contributed by atoms with Crippen molar-refractivity contribution >= 4 is 5.57 Å². The van der Waals surface area contributed by atoms with Gasteiger partial charge in [-0.3, -0.25) is 0 Å². The molecule has 1 aromatic rings. The van der Waals surface area contributed by atoms with E-state index in [0.29, 0.717) is 5.92 Å². The Kier molecular flexibility index (Phi) is 5.33. The predicted octanol–water partition coefficient (Wildman–Crippen LogP) is 5.34. The first kappa shape index (κ1) is 16.4. The van der Waals surface area contributed by atoms with Gasteiger partial charge in [0.25, 0.3) is 0 Å². The molecule has 1 aliphatic carbocycles. The molecular formula is C18H22Zr. The zero-order valence-corrected chi connectivity index (χ0v) is 14.8. The SMILES string of the molecule is C=C(C)C=CC1C=C(C(C)(C)C)c2ccccc21.[Zr]. The van der Waals surface area contributed by atoms with Gasteiger partial charge in [-0.1, -0.05) is 75.4 Å². The molecule has 0 nitrogen and oxygen atoms in total. The quantitative estimate of drug-likeness (QED) is 0.642. The standard InChI is InChI=1S/C18H22.Zr/c1-13(2)10-11-14-12-17(18(3,4)5)16-9-7-6-8-15(14)16;/h6-12,14H,1H2,2-5H3;. The van der Waals surface area contributed by atoms with Gasteiger partial charge >= 0.3 is 0 Å². The molecule has 0 bridgehead atoms. The summed E-state index contributed by atoms with van der Waals surface area (Å²) in [6.07, 6.45) is 6.76. The molecule has 0 aromatic heterocycles. The van der Waals surface area contributed by atoms with E-state index in [4.69, 9.17) is 0 Å². The van der Waals surface area contributed by atoms with E-state index in [0.717, 1.165) is 5.57 Å². The Balaban J connectivity index is 0.00000180. The Morgan fingerprint density at radius 2 is 1.84 bits per heavy atom. The minimum Gasteiger partial charge on any atom is -0.0961 e. The Bertz CT molecular complexity index is 527. The van der Waals surface area contributed by atoms with Crippen LogP contribution in [0.5, 0.6) is 0 Å². The molecule has 0 radical (unpaired) electrons. The fraction of sp³-hybridized carbons (Fsp3) is 0.333. The number of allylic oxidation sites excluding steroid dienone is 5. The van der Waals surface area contributed by atoms with Crippen LogP contribution in [0.3, 0.4) is 0 Å². The molecule has 1 heteroatoms. The van der Waals surface area contributed by atoms with Crippen molar-refractivity contribution in [3.63, 3.8) is 0 Å². The predicted molar refractivity (Wildman–Crippen MR) is 80.6 cm³/mol. The molecule has 98 valence electrons. The van der Waals surface area contributed by atoms with Crippen molar-refractivity contribution in [1.29, 1.82) is 0 Å². The van der Waals surface area contributed by atoms with Crippen LogP contribution in [0, 0.1) is 5.41 Å². The summed E-state index contributed by atoms with van der Waals surface area (Å²) in [4.78, 5) is 0. The van der Waals surface area contributed by atoms with Crippen LogP contribution in [0.4, 0.5) is 0 Å². The normalized spacial score (nSPS) is 17.9. The maximum Gasteiger partial charge on any atom is 0.0214 e. The van der Waals surface area contributed by atoms with Crippen molar-refractivity contribution in [2.45, 2.75) is 33.6 Å². The van der Waals surface area contributed by atoms with Crippen molar-refractivity contribution in [1.82, 2.24) is 0 Å². The molecule has 0 fully saturated rings. The van der Waals surface area contributed by atoms with Crippen LogP contribution in [-0.4, -0.2) is 0 Å². The molecular weight excluding hydrogens is 307 g/mol. The molecule has 0 saturated heterocycles. The first-order valence-electron chi connectivity index (χ1n) is 6.55. The summed E-state index contributed by atoms with van der Waals surface area (Å²) in [6.45, 7) is 12.8. The second-order valence-electron chi connectivity index (χ2n) is 6.15. The van der Waals surface area contributed by atoms with E-state index < -0.39 is 0 Å². The van der Waals surface area contributed by atoms with Crippen molar-refractivity contribution in [3.8, 4) is 0 Å². The van der Waals surface area contributed by atoms with Crippen LogP contribution in [0.2, 0.25) is 0 Å². The van der Waals surface area contributed by atoms with Gasteiger partial charge in [-0.2, -0.15) is 0 Å². The van der Waals surface area contributed by atoms with E-state index in [1.165, 1.54) is 16.7 Å². The third-order valence-electron chi connectivity index (χ3n) is 3.35. The van der Waals surface area contributed by atoms with Gasteiger partial charge in [0.1, 0.15) is 0 Å². The topological polar surface area (TPSA) is 0 Å². The molecule has 19 heavy (non-hydrogen) atoms. The third kappa shape index (κ3) is 3.66. The largest absolute Gasteiger partial charge is 0.0961 e. The van der Waals surface area contributed by atoms with E-state index in [9.17, 15) is 0 Å². The minimum absolute atomic E-state index is 0. The molecule has 0 aliphatic heterocycles. The zero-order chi connectivity index (χ0) is 13.3. The maximum absolute atomic E-state index is 3.93. The molecule has 1 aromatic carbocycles. The van der Waals surface area contributed by atoms with Crippen LogP contribution >= 0.6 is 0 Å². The monoisotopic (exact) mass is 328 g/mol. The van der Waals surface area contributed by atoms with Gasteiger partial charge < -0.3 is 0 Å². The summed E-state index contributed by atoms with van der Waals surface area (Å²) in [7, 11) is 0. The summed E-state index contributed by atoms with van der Waals surface area (Å²) >= 11 is 0. The first-order valence-corrected chi connectivity index (χ1v) is 6.55. The zero-order valence-electron chi connectivity index (χ0n) is 12.3. The van der Waals surface area contributed by atoms with Crippen LogP contribution < -0.4 is 0 Å². The maximum atomic E-state index is 3.93. The van der Waals surface area contributed by atoms with E-state index >= 15 is 0 Å². The number of rotatable bonds is 2. The minimum atomic E-state index is 0. The van der Waals surface area contributed by atoms with Crippen molar-refractivity contribution in [2.75, 3.05) is 0 Å². The van der Waals surface area contributed by atoms with Crippen LogP contribution in [0.25, 0.3) is 5.57 Å². The average Bonchev–Trinajstić information content (AvgIpc) is 2.65. The second-order valence-corrected chi connectivity index (χ2v) is 6.15. The first-order chi connectivity index (χ1) is 8.39. The van der Waals surface area contributed by atoms with Gasteiger partial charge in [0.05, 0.1) is 0 Å². The van der Waals surface area contributed by atoms with Crippen LogP contribution in [0.1, 0.15) is 44.7 Å². The fourth-order valence-corrected chi connectivity index (χ4v) is 2.47. The van der Waals surface area contributed by atoms with Gasteiger partial charge in [0, 0.05) is 32.1 Å². The van der Waals surface area contributed by atoms with Crippen molar-refractivity contribution < 1.29 is 26.2 Å². The summed E-state index contributed by atoms with van der Waals surface area (Å²) in [6, 6.07) is 8.72. The molecule has 1 aliphatic rings. The number of fused-ring (bicyclic) bond motifs is 1. The van der Waals surface area contributed by atoms with Gasteiger partial charge in [-0.15, -0.1) is 0 Å². The van der Waals surface area contributed by atoms with Crippen molar-refractivity contribution in [2.24, 2.45) is 5.41 Å². The second kappa shape index (κ2) is 6.18. The summed E-state index contributed by atoms with van der Waals surface area (Å²) in [5.74, 6) is 0.395. The molecule has 1 atom stereocenters. The van der Waals surface area contributed by atoms with E-state index in [-0.39, 0.29) is 31.6 Å². The number of hydrogen-bond acceptors (Lipinski definition) is 0. The van der Waals surface area contributed by atoms with E-state index in [1.54, 1.807) is 0 Å². The molecule has 2 rings (SSSR count). The Hall–Kier alpha value is -0.677. The Morgan fingerprint density at radius 3 is 2.42 bits per heavy atom. The van der Waals surface area contributed by atoms with E-state index in [1.807, 2.05) is 6.92 Å². The number of benzene rings is 1. The van der Waals surface area contributed by atoms with Gasteiger partial charge in [0.2, 0.25) is 0 Å². The fourth-order valence-electron chi connectivity index (χ4n) is 2.47. The Morgan fingerprint density at radius 1 is 1.21 bits per heavy atom. The molecule has 1 unspecified atom stereocenters. The molecule has 0 amide bonds.